The monoisotopic (exact) mass is 2210 g/mol. The van der Waals surface area contributed by atoms with Crippen molar-refractivity contribution in [1.29, 1.82) is 0 Å². The molecule has 10 rings (SSSR count). The van der Waals surface area contributed by atoms with Gasteiger partial charge in [0.15, 0.2) is 11.4 Å². The van der Waals surface area contributed by atoms with Crippen molar-refractivity contribution >= 4 is 233 Å². The third-order valence-corrected chi connectivity index (χ3v) is 28.8. The molecule has 0 atom stereocenters. The second-order valence-corrected chi connectivity index (χ2v) is 43.6. The number of halogens is 8. The van der Waals surface area contributed by atoms with Crippen LogP contribution in [0.2, 0.25) is 0 Å². The van der Waals surface area contributed by atoms with Crippen LogP contribution in [0.1, 0.15) is 168 Å². The summed E-state index contributed by atoms with van der Waals surface area (Å²) in [5, 5.41) is 1.50. The molecule has 2 aliphatic carbocycles. The lowest BCUT2D eigenvalue weighted by Crippen LogP contribution is -2.28. The van der Waals surface area contributed by atoms with Crippen LogP contribution in [0.4, 0.5) is 22.7 Å². The van der Waals surface area contributed by atoms with Crippen molar-refractivity contribution in [2.75, 3.05) is 59.0 Å². The average molecular weight is 2210 g/mol. The fraction of sp³-hybridized carbons (Fsp3) is 0.447. The maximum absolute atomic E-state index is 11.4. The zero-order chi connectivity index (χ0) is 76.5. The van der Waals surface area contributed by atoms with Crippen molar-refractivity contribution in [3.63, 3.8) is 0 Å². The molecule has 28 heteroatoms. The minimum Gasteiger partial charge on any atom is -0.344 e. The Bertz CT molecular complexity index is 4880. The van der Waals surface area contributed by atoms with Gasteiger partial charge in [-0.15, -0.1) is 0 Å². The van der Waals surface area contributed by atoms with Gasteiger partial charge < -0.3 is 9.80 Å². The van der Waals surface area contributed by atoms with E-state index >= 15 is 0 Å². The standard InChI is InChI=1S/C38H43ClI4N2O6S2.C38H45ClI2N2O6S2/c1-37(2)32(44(16-5-7-18-52(46,47)48)30-22-26(40)20-28(42)34(30)37)14-12-24-10-9-11-25(36(24)39)13-15-33-38(3,4)35-29(43)21-27(41)23-31(35)45(33)17-6-8-19-53(49,50)51;1-37(2)30-24-28(40)14-16-32(30)42(20-5-7-22-50(44,45)46)34(37)18-12-26-10-9-11-27(36(26)39)13-19-35-38(3,4)31-25-29(41)15-17-33(31)43(35)21-6-8-23-51(47,48)49/h12-15,20-23H,5-11,16-19H2,1-4H3,(H-,46,47,48,49,50,51);12-19,24-25H,5-11,20-23H2,1-4H3,(H-,44,45,46,47,48,49)/p+2. The van der Waals surface area contributed by atoms with Crippen molar-refractivity contribution in [3.05, 3.63) is 197 Å². The summed E-state index contributed by atoms with van der Waals surface area (Å²) in [6.45, 7) is 20.3. The van der Waals surface area contributed by atoms with Crippen LogP contribution in [0.3, 0.4) is 0 Å². The van der Waals surface area contributed by atoms with E-state index < -0.39 is 40.5 Å². The van der Waals surface area contributed by atoms with Crippen LogP contribution in [0.15, 0.2) is 153 Å². The number of allylic oxidation sites excluding steroid dienone is 16. The molecular weight excluding hydrogens is 2120 g/mol. The number of hydrogen-bond acceptors (Lipinski definition) is 10. The second-order valence-electron chi connectivity index (χ2n) is 29.3. The van der Waals surface area contributed by atoms with Gasteiger partial charge in [0, 0.05) is 126 Å². The fourth-order valence-electron chi connectivity index (χ4n) is 15.2. The van der Waals surface area contributed by atoms with Crippen molar-refractivity contribution in [2.24, 2.45) is 0 Å². The molecule has 16 nitrogen and oxygen atoms in total. The van der Waals surface area contributed by atoms with Gasteiger partial charge in [-0.05, 0) is 329 Å². The van der Waals surface area contributed by atoms with Gasteiger partial charge in [0.25, 0.3) is 40.5 Å². The summed E-state index contributed by atoms with van der Waals surface area (Å²) in [6, 6.07) is 21.6. The number of hydrogen-bond donors (Lipinski definition) is 4. The van der Waals surface area contributed by atoms with Crippen molar-refractivity contribution in [3.8, 4) is 0 Å². The summed E-state index contributed by atoms with van der Waals surface area (Å²) < 4.78 is 140. The first-order chi connectivity index (χ1) is 48.4. The molecule has 0 unspecified atom stereocenters. The van der Waals surface area contributed by atoms with E-state index in [-0.39, 0.29) is 44.7 Å². The zero-order valence-electron chi connectivity index (χ0n) is 59.4. The van der Waals surface area contributed by atoms with E-state index in [1.807, 2.05) is 0 Å². The summed E-state index contributed by atoms with van der Waals surface area (Å²) in [7, 11) is -16.0. The predicted octanol–water partition coefficient (Wildman–Crippen LogP) is 20.1. The highest BCUT2D eigenvalue weighted by Crippen LogP contribution is 2.53. The van der Waals surface area contributed by atoms with Gasteiger partial charge in [0.2, 0.25) is 11.4 Å². The Morgan fingerprint density at radius 3 is 1.33 bits per heavy atom. The molecule has 564 valence electrons. The normalized spacial score (nSPS) is 20.2. The van der Waals surface area contributed by atoms with E-state index in [9.17, 15) is 51.9 Å². The van der Waals surface area contributed by atoms with Crippen LogP contribution >= 0.6 is 159 Å². The summed E-state index contributed by atoms with van der Waals surface area (Å²) in [5.74, 6) is -1.02. The predicted molar refractivity (Wildman–Crippen MR) is 475 cm³/mol. The SMILES string of the molecule is CC1(C)C(/C=C/C2=C(Cl)C(=C/C=C3/N(CCCCS(=O)(=O)O)c4cc(I)cc(I)c4C3(C)C)/CCC2)=[N+](CCCCS(=O)(=O)O)c2cc(I)cc(I)c21.CC1(C)C(/C=C/C2=C(Cl)C(=C/C=C3/N(CCCCS(=O)(=O)O)c4ccc(I)cc4C3(C)C)/CCC2)=[N+](CCCCS(=O)(=O)O)c2ccc(I)cc21. The Labute approximate surface area is 707 Å². The van der Waals surface area contributed by atoms with E-state index in [0.29, 0.717) is 77.5 Å². The highest BCUT2D eigenvalue weighted by atomic mass is 127. The van der Waals surface area contributed by atoms with Crippen LogP contribution in [-0.2, 0) is 62.1 Å². The summed E-state index contributed by atoms with van der Waals surface area (Å²) in [4.78, 5) is 4.57. The number of fused-ring (bicyclic) bond motifs is 4. The van der Waals surface area contributed by atoms with Crippen molar-refractivity contribution in [1.82, 2.24) is 0 Å². The summed E-state index contributed by atoms with van der Waals surface area (Å²) >= 11 is 28.6. The van der Waals surface area contributed by atoms with Gasteiger partial charge in [0.05, 0.1) is 39.4 Å². The largest absolute Gasteiger partial charge is 0.344 e. The fourth-order valence-corrected chi connectivity index (χ4v) is 24.0. The molecule has 0 aromatic heterocycles. The van der Waals surface area contributed by atoms with Crippen molar-refractivity contribution < 1.29 is 61.0 Å². The smallest absolute Gasteiger partial charge is 0.264 e. The number of rotatable bonds is 26. The topological polar surface area (TPSA) is 230 Å². The maximum Gasteiger partial charge on any atom is 0.264 e. The molecule has 0 saturated heterocycles. The number of nitrogens with zero attached hydrogens (tertiary/aromatic N) is 4. The highest BCUT2D eigenvalue weighted by molar-refractivity contribution is 14.1. The minimum atomic E-state index is -4.02. The van der Waals surface area contributed by atoms with Crippen LogP contribution in [0.25, 0.3) is 0 Å². The van der Waals surface area contributed by atoms with Crippen LogP contribution in [-0.4, -0.2) is 122 Å². The second kappa shape index (κ2) is 35.2. The molecule has 0 saturated carbocycles. The van der Waals surface area contributed by atoms with E-state index in [4.69, 9.17) is 23.2 Å². The van der Waals surface area contributed by atoms with Gasteiger partial charge in [-0.25, -0.2) is 0 Å². The molecule has 6 aliphatic rings. The van der Waals surface area contributed by atoms with Gasteiger partial charge >= 0.3 is 0 Å². The molecule has 0 bridgehead atoms. The molecule has 0 spiro atoms. The molecule has 4 N–H and O–H groups in total. The minimum absolute atomic E-state index is 0.253. The molecule has 0 radical (unpaired) electrons. The lowest BCUT2D eigenvalue weighted by atomic mass is 9.81. The van der Waals surface area contributed by atoms with Gasteiger partial charge in [-0.2, -0.15) is 42.8 Å². The lowest BCUT2D eigenvalue weighted by Gasteiger charge is -2.27. The molecule has 4 aromatic rings. The quantitative estimate of drug-likeness (QED) is 0.0198. The maximum atomic E-state index is 11.4. The molecule has 4 aromatic carbocycles. The Kier molecular flexibility index (Phi) is 29.2. The lowest BCUT2D eigenvalue weighted by molar-refractivity contribution is -0.438. The Morgan fingerprint density at radius 1 is 0.423 bits per heavy atom. The molecule has 4 heterocycles. The third kappa shape index (κ3) is 21.2. The Balaban J connectivity index is 0.000000241. The van der Waals surface area contributed by atoms with Gasteiger partial charge in [-0.1, -0.05) is 75.2 Å². The van der Waals surface area contributed by atoms with E-state index in [1.54, 1.807) is 0 Å². The molecule has 0 amide bonds. The molecule has 0 fully saturated rings. The van der Waals surface area contributed by atoms with E-state index in [2.05, 4.69) is 319 Å². The van der Waals surface area contributed by atoms with Crippen LogP contribution in [0, 0.1) is 21.4 Å². The zero-order valence-corrected chi connectivity index (χ0v) is 77.2. The molecular formula is C76H90Cl2I6N4O12S4+2. The van der Waals surface area contributed by atoms with Gasteiger partial charge in [0.1, 0.15) is 13.1 Å². The number of anilines is 2. The first kappa shape index (κ1) is 86.3. The Morgan fingerprint density at radius 2 is 0.837 bits per heavy atom. The van der Waals surface area contributed by atoms with Crippen LogP contribution in [0.5, 0.6) is 0 Å². The number of unbranched alkanes of at least 4 members (excludes halogenated alkanes) is 4. The van der Waals surface area contributed by atoms with E-state index in [0.717, 1.165) is 131 Å². The van der Waals surface area contributed by atoms with Crippen molar-refractivity contribution in [2.45, 2.75) is 167 Å². The summed E-state index contributed by atoms with van der Waals surface area (Å²) in [6.07, 6.45) is 26.5. The number of benzene rings is 4. The molecule has 104 heavy (non-hydrogen) atoms. The van der Waals surface area contributed by atoms with E-state index in [1.165, 1.54) is 29.4 Å². The Hall–Kier alpha value is -1.66. The average Bonchev–Trinajstić information content (AvgIpc) is 1.61. The third-order valence-electron chi connectivity index (χ3n) is 20.3. The highest BCUT2D eigenvalue weighted by Gasteiger charge is 2.48. The first-order valence-corrected chi connectivity index (χ1v) is 48.3. The first-order valence-electron chi connectivity index (χ1n) is 34.6. The molecule has 4 aliphatic heterocycles. The summed E-state index contributed by atoms with van der Waals surface area (Å²) in [5.41, 5.74) is 17.0. The van der Waals surface area contributed by atoms with Gasteiger partial charge in [-0.3, -0.25) is 18.2 Å². The van der Waals surface area contributed by atoms with Crippen LogP contribution < -0.4 is 9.80 Å².